The van der Waals surface area contributed by atoms with Gasteiger partial charge in [-0.2, -0.15) is 0 Å². The molecular weight excluding hydrogens is 336 g/mol. The van der Waals surface area contributed by atoms with Crippen molar-refractivity contribution < 1.29 is 13.2 Å². The number of likely N-dealkylation sites (N-methyl/N-ethyl adjacent to an activating group) is 1. The number of anilines is 1. The summed E-state index contributed by atoms with van der Waals surface area (Å²) in [5, 5.41) is 0. The predicted molar refractivity (Wildman–Crippen MR) is 102 cm³/mol. The Hall–Kier alpha value is -1.56. The zero-order chi connectivity index (χ0) is 18.6. The largest absolute Gasteiger partial charge is 0.341 e. The SMILES string of the molecule is CCC(C(=O)N(C)C1CCCCC1)N(c1ccc(C)cc1)S(C)(=O)=O. The van der Waals surface area contributed by atoms with Gasteiger partial charge in [0.2, 0.25) is 15.9 Å². The Bertz CT molecular complexity index is 679. The second kappa shape index (κ2) is 8.21. The highest BCUT2D eigenvalue weighted by Crippen LogP contribution is 2.27. The molecule has 1 aromatic rings. The van der Waals surface area contributed by atoms with E-state index in [9.17, 15) is 13.2 Å². The zero-order valence-corrected chi connectivity index (χ0v) is 16.6. The number of sulfonamides is 1. The van der Waals surface area contributed by atoms with Gasteiger partial charge in [0.05, 0.1) is 11.9 Å². The van der Waals surface area contributed by atoms with Crippen LogP contribution in [0.2, 0.25) is 0 Å². The molecule has 5 nitrogen and oxygen atoms in total. The van der Waals surface area contributed by atoms with E-state index in [0.717, 1.165) is 31.2 Å². The molecule has 140 valence electrons. The van der Waals surface area contributed by atoms with Crippen LogP contribution >= 0.6 is 0 Å². The molecule has 0 saturated heterocycles. The zero-order valence-electron chi connectivity index (χ0n) is 15.7. The molecule has 0 aromatic heterocycles. The summed E-state index contributed by atoms with van der Waals surface area (Å²) in [6.07, 6.45) is 7.10. The molecule has 25 heavy (non-hydrogen) atoms. The molecule has 1 atom stereocenters. The van der Waals surface area contributed by atoms with E-state index in [1.54, 1.807) is 17.0 Å². The van der Waals surface area contributed by atoms with E-state index in [-0.39, 0.29) is 11.9 Å². The van der Waals surface area contributed by atoms with Gasteiger partial charge in [0.15, 0.2) is 0 Å². The number of hydrogen-bond acceptors (Lipinski definition) is 3. The maximum atomic E-state index is 13.1. The van der Waals surface area contributed by atoms with Crippen molar-refractivity contribution >= 4 is 21.6 Å². The van der Waals surface area contributed by atoms with Crippen molar-refractivity contribution in [3.63, 3.8) is 0 Å². The highest BCUT2D eigenvalue weighted by molar-refractivity contribution is 7.92. The monoisotopic (exact) mass is 366 g/mol. The molecule has 1 saturated carbocycles. The first kappa shape index (κ1) is 19.8. The average molecular weight is 367 g/mol. The molecule has 0 radical (unpaired) electrons. The van der Waals surface area contributed by atoms with Gasteiger partial charge in [0.1, 0.15) is 6.04 Å². The predicted octanol–water partition coefficient (Wildman–Crippen LogP) is 3.33. The maximum Gasteiger partial charge on any atom is 0.246 e. The van der Waals surface area contributed by atoms with Crippen molar-refractivity contribution in [1.82, 2.24) is 4.90 Å². The van der Waals surface area contributed by atoms with E-state index in [1.807, 2.05) is 33.0 Å². The van der Waals surface area contributed by atoms with Gasteiger partial charge in [-0.1, -0.05) is 43.9 Å². The van der Waals surface area contributed by atoms with Crippen LogP contribution < -0.4 is 4.31 Å². The summed E-state index contributed by atoms with van der Waals surface area (Å²) < 4.78 is 26.2. The molecular formula is C19H30N2O3S. The minimum absolute atomic E-state index is 0.111. The van der Waals surface area contributed by atoms with E-state index in [1.165, 1.54) is 17.0 Å². The molecule has 1 aromatic carbocycles. The van der Waals surface area contributed by atoms with Crippen LogP contribution in [0.5, 0.6) is 0 Å². The smallest absolute Gasteiger partial charge is 0.246 e. The molecule has 1 aliphatic rings. The van der Waals surface area contributed by atoms with Gasteiger partial charge in [-0.3, -0.25) is 9.10 Å². The third kappa shape index (κ3) is 4.75. The van der Waals surface area contributed by atoms with Crippen LogP contribution in [0.4, 0.5) is 5.69 Å². The fourth-order valence-electron chi connectivity index (χ4n) is 3.62. The van der Waals surface area contributed by atoms with Crippen molar-refractivity contribution in [3.05, 3.63) is 29.8 Å². The summed E-state index contributed by atoms with van der Waals surface area (Å²) >= 11 is 0. The Labute approximate surface area is 152 Å². The topological polar surface area (TPSA) is 57.7 Å². The molecule has 2 rings (SSSR count). The Kier molecular flexibility index (Phi) is 6.49. The molecule has 0 aliphatic heterocycles. The molecule has 0 N–H and O–H groups in total. The lowest BCUT2D eigenvalue weighted by molar-refractivity contribution is -0.133. The summed E-state index contributed by atoms with van der Waals surface area (Å²) in [5.74, 6) is -0.111. The van der Waals surface area contributed by atoms with Gasteiger partial charge in [0, 0.05) is 13.1 Å². The number of nitrogens with zero attached hydrogens (tertiary/aromatic N) is 2. The lowest BCUT2D eigenvalue weighted by Gasteiger charge is -2.37. The third-order valence-corrected chi connectivity index (χ3v) is 6.25. The van der Waals surface area contributed by atoms with Crippen LogP contribution in [0.3, 0.4) is 0 Å². The minimum Gasteiger partial charge on any atom is -0.341 e. The van der Waals surface area contributed by atoms with Gasteiger partial charge in [-0.05, 0) is 38.3 Å². The fraction of sp³-hybridized carbons (Fsp3) is 0.632. The number of aryl methyl sites for hydroxylation is 1. The van der Waals surface area contributed by atoms with E-state index >= 15 is 0 Å². The Morgan fingerprint density at radius 1 is 1.16 bits per heavy atom. The molecule has 1 unspecified atom stereocenters. The summed E-state index contributed by atoms with van der Waals surface area (Å²) in [4.78, 5) is 14.9. The first-order valence-corrected chi connectivity index (χ1v) is 10.9. The average Bonchev–Trinajstić information content (AvgIpc) is 2.59. The molecule has 1 amide bonds. The maximum absolute atomic E-state index is 13.1. The molecule has 1 aliphatic carbocycles. The molecule has 0 heterocycles. The van der Waals surface area contributed by atoms with Gasteiger partial charge < -0.3 is 4.90 Å². The van der Waals surface area contributed by atoms with Crippen molar-refractivity contribution in [2.24, 2.45) is 0 Å². The van der Waals surface area contributed by atoms with E-state index in [2.05, 4.69) is 0 Å². The van der Waals surface area contributed by atoms with Crippen molar-refractivity contribution in [2.75, 3.05) is 17.6 Å². The highest BCUT2D eigenvalue weighted by atomic mass is 32.2. The fourth-order valence-corrected chi connectivity index (χ4v) is 4.82. The lowest BCUT2D eigenvalue weighted by Crippen LogP contribution is -2.52. The Morgan fingerprint density at radius 2 is 1.72 bits per heavy atom. The Balaban J connectivity index is 2.32. The molecule has 0 bridgehead atoms. The number of amides is 1. The van der Waals surface area contributed by atoms with Crippen LogP contribution in [0.15, 0.2) is 24.3 Å². The van der Waals surface area contributed by atoms with Crippen LogP contribution in [-0.4, -0.2) is 44.6 Å². The van der Waals surface area contributed by atoms with Crippen LogP contribution in [0.1, 0.15) is 51.0 Å². The molecule has 1 fully saturated rings. The second-order valence-electron chi connectivity index (χ2n) is 7.06. The third-order valence-electron chi connectivity index (χ3n) is 5.07. The minimum atomic E-state index is -3.57. The highest BCUT2D eigenvalue weighted by Gasteiger charge is 2.35. The molecule has 0 spiro atoms. The van der Waals surface area contributed by atoms with Gasteiger partial charge in [-0.25, -0.2) is 8.42 Å². The van der Waals surface area contributed by atoms with Gasteiger partial charge in [-0.15, -0.1) is 0 Å². The van der Waals surface area contributed by atoms with Crippen molar-refractivity contribution in [3.8, 4) is 0 Å². The number of hydrogen-bond donors (Lipinski definition) is 0. The van der Waals surface area contributed by atoms with Crippen LogP contribution in [-0.2, 0) is 14.8 Å². The summed E-state index contributed by atoms with van der Waals surface area (Å²) in [5.41, 5.74) is 1.60. The van der Waals surface area contributed by atoms with E-state index in [0.29, 0.717) is 12.1 Å². The first-order chi connectivity index (χ1) is 11.8. The van der Waals surface area contributed by atoms with Gasteiger partial charge in [0.25, 0.3) is 0 Å². The number of carbonyl (C=O) groups is 1. The van der Waals surface area contributed by atoms with E-state index < -0.39 is 16.1 Å². The van der Waals surface area contributed by atoms with Crippen LogP contribution in [0.25, 0.3) is 0 Å². The number of benzene rings is 1. The van der Waals surface area contributed by atoms with Crippen LogP contribution in [0, 0.1) is 6.92 Å². The summed E-state index contributed by atoms with van der Waals surface area (Å²) in [7, 11) is -1.75. The summed E-state index contributed by atoms with van der Waals surface area (Å²) in [6, 6.07) is 6.80. The van der Waals surface area contributed by atoms with Gasteiger partial charge >= 0.3 is 0 Å². The molecule has 6 heteroatoms. The number of rotatable bonds is 6. The lowest BCUT2D eigenvalue weighted by atomic mass is 9.94. The van der Waals surface area contributed by atoms with E-state index in [4.69, 9.17) is 0 Å². The number of carbonyl (C=O) groups excluding carboxylic acids is 1. The van der Waals surface area contributed by atoms with Crippen molar-refractivity contribution in [2.45, 2.75) is 64.5 Å². The Morgan fingerprint density at radius 3 is 2.20 bits per heavy atom. The van der Waals surface area contributed by atoms with Crippen molar-refractivity contribution in [1.29, 1.82) is 0 Å². The first-order valence-electron chi connectivity index (χ1n) is 9.08. The normalized spacial score (nSPS) is 17.1. The standard InChI is InChI=1S/C19H30N2O3S/c1-5-18(19(22)20(3)16-9-7-6-8-10-16)21(25(4,23)24)17-13-11-15(2)12-14-17/h11-14,16,18H,5-10H2,1-4H3. The summed E-state index contributed by atoms with van der Waals surface area (Å²) in [6.45, 7) is 3.82. The second-order valence-corrected chi connectivity index (χ2v) is 8.92. The quantitative estimate of drug-likeness (QED) is 0.776.